The molecule has 0 saturated carbocycles. The molecule has 2 amide bonds. The molecule has 0 aromatic heterocycles. The van der Waals surface area contributed by atoms with Gasteiger partial charge in [0.25, 0.3) is 0 Å². The van der Waals surface area contributed by atoms with E-state index in [0.29, 0.717) is 24.5 Å². The summed E-state index contributed by atoms with van der Waals surface area (Å²) in [5.41, 5.74) is 0.604. The van der Waals surface area contributed by atoms with Crippen molar-refractivity contribution < 1.29 is 14.3 Å². The van der Waals surface area contributed by atoms with Gasteiger partial charge in [0.1, 0.15) is 5.75 Å². The van der Waals surface area contributed by atoms with Crippen LogP contribution in [0.4, 0.5) is 5.69 Å². The summed E-state index contributed by atoms with van der Waals surface area (Å²) in [5, 5.41) is 5.79. The fourth-order valence-corrected chi connectivity index (χ4v) is 2.35. The summed E-state index contributed by atoms with van der Waals surface area (Å²) < 4.78 is 5.21. The number of hydrogen-bond donors (Lipinski definition) is 2. The first-order valence-corrected chi connectivity index (χ1v) is 7.89. The molecule has 0 bridgehead atoms. The van der Waals surface area contributed by atoms with Crippen molar-refractivity contribution in [1.82, 2.24) is 10.2 Å². The van der Waals surface area contributed by atoms with E-state index in [9.17, 15) is 9.59 Å². The molecule has 0 fully saturated rings. The Morgan fingerprint density at radius 3 is 2.61 bits per heavy atom. The van der Waals surface area contributed by atoms with Crippen molar-refractivity contribution in [2.24, 2.45) is 5.92 Å². The molecule has 6 heteroatoms. The van der Waals surface area contributed by atoms with Crippen LogP contribution in [0.15, 0.2) is 24.3 Å². The topological polar surface area (TPSA) is 70.7 Å². The summed E-state index contributed by atoms with van der Waals surface area (Å²) >= 11 is 0. The van der Waals surface area contributed by atoms with Crippen LogP contribution in [0.5, 0.6) is 5.75 Å². The normalized spacial score (nSPS) is 11.7. The molecule has 0 aliphatic carbocycles. The number of anilines is 1. The van der Waals surface area contributed by atoms with Crippen LogP contribution in [0.2, 0.25) is 0 Å². The molecule has 2 N–H and O–H groups in total. The number of nitrogens with one attached hydrogen (secondary N) is 2. The maximum absolute atomic E-state index is 12.4. The van der Waals surface area contributed by atoms with E-state index < -0.39 is 0 Å². The van der Waals surface area contributed by atoms with Gasteiger partial charge in [-0.25, -0.2) is 0 Å². The first kappa shape index (κ1) is 19.0. The molecule has 1 unspecified atom stereocenters. The molecular formula is C17H27N3O3. The molecule has 1 atom stereocenters. The smallest absolute Gasteiger partial charge is 0.244 e. The minimum Gasteiger partial charge on any atom is -0.495 e. The van der Waals surface area contributed by atoms with E-state index in [1.807, 2.05) is 33.0 Å². The molecule has 0 aliphatic rings. The Balaban J connectivity index is 2.72. The number of benzene rings is 1. The van der Waals surface area contributed by atoms with Gasteiger partial charge in [-0.2, -0.15) is 0 Å². The first-order chi connectivity index (χ1) is 11.0. The van der Waals surface area contributed by atoms with E-state index in [1.54, 1.807) is 24.1 Å². The second kappa shape index (κ2) is 9.84. The Morgan fingerprint density at radius 1 is 1.30 bits per heavy atom. The predicted octanol–water partition coefficient (Wildman–Crippen LogP) is 1.73. The van der Waals surface area contributed by atoms with Gasteiger partial charge in [-0.1, -0.05) is 26.0 Å². The molecule has 0 saturated heterocycles. The fourth-order valence-electron chi connectivity index (χ4n) is 2.35. The summed E-state index contributed by atoms with van der Waals surface area (Å²) in [4.78, 5) is 26.3. The van der Waals surface area contributed by atoms with E-state index in [0.717, 1.165) is 6.42 Å². The molecule has 1 aromatic rings. The van der Waals surface area contributed by atoms with Crippen molar-refractivity contribution in [3.05, 3.63) is 24.3 Å². The fraction of sp³-hybridized carbons (Fsp3) is 0.529. The first-order valence-electron chi connectivity index (χ1n) is 7.89. The quantitative estimate of drug-likeness (QED) is 0.727. The molecule has 0 spiro atoms. The third-order valence-corrected chi connectivity index (χ3v) is 3.45. The van der Waals surface area contributed by atoms with Crippen molar-refractivity contribution in [3.8, 4) is 5.75 Å². The lowest BCUT2D eigenvalue weighted by atomic mass is 10.1. The van der Waals surface area contributed by atoms with Crippen molar-refractivity contribution >= 4 is 17.5 Å². The van der Waals surface area contributed by atoms with Crippen molar-refractivity contribution in [2.75, 3.05) is 39.1 Å². The van der Waals surface area contributed by atoms with Gasteiger partial charge < -0.3 is 20.3 Å². The van der Waals surface area contributed by atoms with Crippen LogP contribution in [0.1, 0.15) is 20.3 Å². The average molecular weight is 321 g/mol. The highest BCUT2D eigenvalue weighted by Crippen LogP contribution is 2.22. The molecule has 0 aliphatic heterocycles. The maximum Gasteiger partial charge on any atom is 0.244 e. The summed E-state index contributed by atoms with van der Waals surface area (Å²) in [6.07, 6.45) is 0.806. The Hall–Kier alpha value is -2.08. The molecule has 0 heterocycles. The van der Waals surface area contributed by atoms with Gasteiger partial charge in [0.05, 0.1) is 19.3 Å². The lowest BCUT2D eigenvalue weighted by Gasteiger charge is -2.25. The highest BCUT2D eigenvalue weighted by atomic mass is 16.5. The van der Waals surface area contributed by atoms with E-state index in [2.05, 4.69) is 10.6 Å². The maximum atomic E-state index is 12.4. The van der Waals surface area contributed by atoms with Crippen molar-refractivity contribution in [3.63, 3.8) is 0 Å². The Labute approximate surface area is 138 Å². The number of carbonyl (C=O) groups excluding carboxylic acids is 2. The van der Waals surface area contributed by atoms with E-state index in [4.69, 9.17) is 4.74 Å². The number of methoxy groups -OCH3 is 1. The SMILES string of the molecule is CCCN(CC(=O)Nc1ccccc1OC)C(=O)C(C)CNC. The number of amides is 2. The van der Waals surface area contributed by atoms with Gasteiger partial charge >= 0.3 is 0 Å². The number of hydrogen-bond acceptors (Lipinski definition) is 4. The van der Waals surface area contributed by atoms with E-state index >= 15 is 0 Å². The van der Waals surface area contributed by atoms with Crippen LogP contribution in [0.3, 0.4) is 0 Å². The lowest BCUT2D eigenvalue weighted by molar-refractivity contribution is -0.137. The van der Waals surface area contributed by atoms with Gasteiger partial charge in [0.2, 0.25) is 11.8 Å². The van der Waals surface area contributed by atoms with E-state index in [-0.39, 0.29) is 24.3 Å². The molecule has 1 rings (SSSR count). The van der Waals surface area contributed by atoms with Crippen LogP contribution in [-0.2, 0) is 9.59 Å². The summed E-state index contributed by atoms with van der Waals surface area (Å²) in [6, 6.07) is 7.20. The van der Waals surface area contributed by atoms with Crippen molar-refractivity contribution in [2.45, 2.75) is 20.3 Å². The molecular weight excluding hydrogens is 294 g/mol. The lowest BCUT2D eigenvalue weighted by Crippen LogP contribution is -2.43. The van der Waals surface area contributed by atoms with Gasteiger partial charge in [0, 0.05) is 19.0 Å². The number of ether oxygens (including phenoxy) is 1. The van der Waals surface area contributed by atoms with Crippen LogP contribution in [0, 0.1) is 5.92 Å². The zero-order valence-electron chi connectivity index (χ0n) is 14.4. The summed E-state index contributed by atoms with van der Waals surface area (Å²) in [6.45, 7) is 5.04. The third-order valence-electron chi connectivity index (χ3n) is 3.45. The zero-order chi connectivity index (χ0) is 17.2. The minimum absolute atomic E-state index is 0.0172. The largest absolute Gasteiger partial charge is 0.495 e. The van der Waals surface area contributed by atoms with Gasteiger partial charge in [-0.3, -0.25) is 9.59 Å². The predicted molar refractivity (Wildman–Crippen MR) is 91.6 cm³/mol. The van der Waals surface area contributed by atoms with Crippen LogP contribution >= 0.6 is 0 Å². The Kier molecular flexibility index (Phi) is 8.11. The van der Waals surface area contributed by atoms with Gasteiger partial charge in [0.15, 0.2) is 0 Å². The number of rotatable bonds is 9. The second-order valence-corrected chi connectivity index (χ2v) is 5.47. The van der Waals surface area contributed by atoms with Crippen molar-refractivity contribution in [1.29, 1.82) is 0 Å². The number of nitrogens with zero attached hydrogens (tertiary/aromatic N) is 1. The zero-order valence-corrected chi connectivity index (χ0v) is 14.4. The van der Waals surface area contributed by atoms with Crippen LogP contribution in [-0.4, -0.2) is 50.5 Å². The van der Waals surface area contributed by atoms with Crippen LogP contribution in [0.25, 0.3) is 0 Å². The highest BCUT2D eigenvalue weighted by Gasteiger charge is 2.22. The summed E-state index contributed by atoms with van der Waals surface area (Å²) in [5.74, 6) is 0.188. The monoisotopic (exact) mass is 321 g/mol. The van der Waals surface area contributed by atoms with Crippen LogP contribution < -0.4 is 15.4 Å². The third kappa shape index (κ3) is 5.90. The molecule has 0 radical (unpaired) electrons. The van der Waals surface area contributed by atoms with E-state index in [1.165, 1.54) is 0 Å². The Morgan fingerprint density at radius 2 is 2.00 bits per heavy atom. The van der Waals surface area contributed by atoms with Gasteiger partial charge in [-0.15, -0.1) is 0 Å². The number of carbonyl (C=O) groups is 2. The standard InChI is InChI=1S/C17H27N3O3/c1-5-10-20(17(22)13(2)11-18-3)12-16(21)19-14-8-6-7-9-15(14)23-4/h6-9,13,18H,5,10-12H2,1-4H3,(H,19,21). The summed E-state index contributed by atoms with van der Waals surface area (Å²) in [7, 11) is 3.36. The molecule has 23 heavy (non-hydrogen) atoms. The molecule has 1 aromatic carbocycles. The molecule has 128 valence electrons. The van der Waals surface area contributed by atoms with Gasteiger partial charge in [-0.05, 0) is 25.6 Å². The Bertz CT molecular complexity index is 520. The molecule has 6 nitrogen and oxygen atoms in total. The minimum atomic E-state index is -0.229. The number of para-hydroxylation sites is 2. The second-order valence-electron chi connectivity index (χ2n) is 5.47. The average Bonchev–Trinajstić information content (AvgIpc) is 2.54. The highest BCUT2D eigenvalue weighted by molar-refractivity contribution is 5.95.